The summed E-state index contributed by atoms with van der Waals surface area (Å²) in [5, 5.41) is 9.02. The molecule has 0 amide bonds. The van der Waals surface area contributed by atoms with Crippen LogP contribution in [0.4, 0.5) is 0 Å². The maximum absolute atomic E-state index is 4.53. The third-order valence-electron chi connectivity index (χ3n) is 3.31. The fourth-order valence-corrected chi connectivity index (χ4v) is 2.89. The van der Waals surface area contributed by atoms with Crippen LogP contribution >= 0.6 is 11.3 Å². The van der Waals surface area contributed by atoms with Crippen LogP contribution in [0.25, 0.3) is 0 Å². The van der Waals surface area contributed by atoms with E-state index in [1.807, 2.05) is 11.7 Å². The molecule has 0 aromatic carbocycles. The van der Waals surface area contributed by atoms with Gasteiger partial charge in [0.25, 0.3) is 0 Å². The van der Waals surface area contributed by atoms with Crippen molar-refractivity contribution in [1.29, 1.82) is 0 Å². The molecule has 2 aromatic rings. The summed E-state index contributed by atoms with van der Waals surface area (Å²) >= 11 is 1.77. The molecule has 0 saturated carbocycles. The lowest BCUT2D eigenvalue weighted by Crippen LogP contribution is -2.13. The van der Waals surface area contributed by atoms with Gasteiger partial charge in [0.15, 0.2) is 0 Å². The van der Waals surface area contributed by atoms with E-state index in [9.17, 15) is 0 Å². The monoisotopic (exact) mass is 264 g/mol. The maximum Gasteiger partial charge on any atom is 0.107 e. The minimum atomic E-state index is 0.827. The Kier molecular flexibility index (Phi) is 3.82. The van der Waals surface area contributed by atoms with E-state index in [0.717, 1.165) is 29.5 Å². The molecule has 0 aliphatic rings. The first-order valence-electron chi connectivity index (χ1n) is 6.11. The summed E-state index contributed by atoms with van der Waals surface area (Å²) in [6.07, 6.45) is 0. The van der Waals surface area contributed by atoms with Crippen LogP contribution in [0.5, 0.6) is 0 Å². The van der Waals surface area contributed by atoms with Gasteiger partial charge < -0.3 is 5.32 Å². The standard InChI is InChI=1S/C13H20N4S/c1-8-11(4)18-13(15-8)7-14-6-12-9(2)16-17(5)10(12)3/h14H,6-7H2,1-5H3. The molecular formula is C13H20N4S. The zero-order valence-electron chi connectivity index (χ0n) is 11.7. The Labute approximate surface area is 112 Å². The smallest absolute Gasteiger partial charge is 0.107 e. The van der Waals surface area contributed by atoms with Crippen LogP contribution in [-0.2, 0) is 20.1 Å². The molecule has 0 saturated heterocycles. The van der Waals surface area contributed by atoms with Crippen molar-refractivity contribution in [2.75, 3.05) is 0 Å². The first-order valence-corrected chi connectivity index (χ1v) is 6.93. The molecule has 4 nitrogen and oxygen atoms in total. The predicted molar refractivity (Wildman–Crippen MR) is 74.8 cm³/mol. The topological polar surface area (TPSA) is 42.7 Å². The molecule has 1 N–H and O–H groups in total. The van der Waals surface area contributed by atoms with Gasteiger partial charge in [0, 0.05) is 36.3 Å². The molecule has 2 rings (SSSR count). The minimum Gasteiger partial charge on any atom is -0.306 e. The van der Waals surface area contributed by atoms with Gasteiger partial charge in [0.2, 0.25) is 0 Å². The van der Waals surface area contributed by atoms with Crippen molar-refractivity contribution in [3.63, 3.8) is 0 Å². The Morgan fingerprint density at radius 3 is 2.33 bits per heavy atom. The average molecular weight is 264 g/mol. The summed E-state index contributed by atoms with van der Waals surface area (Å²) in [5.74, 6) is 0. The maximum atomic E-state index is 4.53. The van der Waals surface area contributed by atoms with Gasteiger partial charge in [-0.25, -0.2) is 4.98 Å². The zero-order valence-corrected chi connectivity index (χ0v) is 12.5. The Morgan fingerprint density at radius 1 is 1.11 bits per heavy atom. The molecule has 0 radical (unpaired) electrons. The van der Waals surface area contributed by atoms with E-state index >= 15 is 0 Å². The molecule has 0 aliphatic carbocycles. The minimum absolute atomic E-state index is 0.827. The Bertz CT molecular complexity index is 534. The van der Waals surface area contributed by atoms with Crippen molar-refractivity contribution < 1.29 is 0 Å². The van der Waals surface area contributed by atoms with Gasteiger partial charge >= 0.3 is 0 Å². The third kappa shape index (κ3) is 2.62. The van der Waals surface area contributed by atoms with Crippen LogP contribution < -0.4 is 5.32 Å². The van der Waals surface area contributed by atoms with Crippen LogP contribution in [0.1, 0.15) is 32.5 Å². The number of nitrogens with one attached hydrogen (secondary N) is 1. The van der Waals surface area contributed by atoms with Crippen LogP contribution in [0.15, 0.2) is 0 Å². The van der Waals surface area contributed by atoms with E-state index in [0.29, 0.717) is 0 Å². The summed E-state index contributed by atoms with van der Waals surface area (Å²) in [7, 11) is 1.99. The largest absolute Gasteiger partial charge is 0.306 e. The van der Waals surface area contributed by atoms with Gasteiger partial charge in [0.05, 0.1) is 11.4 Å². The van der Waals surface area contributed by atoms with E-state index in [1.165, 1.54) is 16.1 Å². The molecule has 98 valence electrons. The van der Waals surface area contributed by atoms with E-state index in [1.54, 1.807) is 11.3 Å². The lowest BCUT2D eigenvalue weighted by atomic mass is 10.2. The van der Waals surface area contributed by atoms with E-state index in [4.69, 9.17) is 0 Å². The van der Waals surface area contributed by atoms with Gasteiger partial charge in [-0.1, -0.05) is 0 Å². The number of aromatic nitrogens is 3. The molecule has 0 unspecified atom stereocenters. The van der Waals surface area contributed by atoms with E-state index in [-0.39, 0.29) is 0 Å². The fraction of sp³-hybridized carbons (Fsp3) is 0.538. The summed E-state index contributed by atoms with van der Waals surface area (Å²) in [5.41, 5.74) is 4.77. The zero-order chi connectivity index (χ0) is 13.3. The van der Waals surface area contributed by atoms with Crippen molar-refractivity contribution >= 4 is 11.3 Å². The van der Waals surface area contributed by atoms with E-state index < -0.39 is 0 Å². The van der Waals surface area contributed by atoms with Crippen molar-refractivity contribution in [2.24, 2.45) is 7.05 Å². The molecule has 18 heavy (non-hydrogen) atoms. The summed E-state index contributed by atoms with van der Waals surface area (Å²) in [4.78, 5) is 5.83. The molecule has 0 bridgehead atoms. The number of hydrogen-bond donors (Lipinski definition) is 1. The van der Waals surface area contributed by atoms with Gasteiger partial charge in [-0.15, -0.1) is 11.3 Å². The van der Waals surface area contributed by atoms with Crippen LogP contribution in [-0.4, -0.2) is 14.8 Å². The Hall–Kier alpha value is -1.20. The molecule has 2 aromatic heterocycles. The molecule has 0 spiro atoms. The molecule has 2 heterocycles. The Morgan fingerprint density at radius 2 is 1.83 bits per heavy atom. The second kappa shape index (κ2) is 5.20. The highest BCUT2D eigenvalue weighted by Gasteiger charge is 2.09. The van der Waals surface area contributed by atoms with Gasteiger partial charge in [-0.05, 0) is 27.7 Å². The van der Waals surface area contributed by atoms with E-state index in [2.05, 4.69) is 43.1 Å². The number of nitrogens with zero attached hydrogens (tertiary/aromatic N) is 3. The first kappa shape index (κ1) is 13.2. The fourth-order valence-electron chi connectivity index (χ4n) is 1.98. The molecule has 0 fully saturated rings. The van der Waals surface area contributed by atoms with Gasteiger partial charge in [0.1, 0.15) is 5.01 Å². The highest BCUT2D eigenvalue weighted by molar-refractivity contribution is 7.11. The lowest BCUT2D eigenvalue weighted by molar-refractivity contribution is 0.680. The quantitative estimate of drug-likeness (QED) is 0.922. The molecular weight excluding hydrogens is 244 g/mol. The van der Waals surface area contributed by atoms with Crippen LogP contribution in [0.2, 0.25) is 0 Å². The van der Waals surface area contributed by atoms with Crippen LogP contribution in [0.3, 0.4) is 0 Å². The highest BCUT2D eigenvalue weighted by Crippen LogP contribution is 2.16. The van der Waals surface area contributed by atoms with Crippen molar-refractivity contribution in [3.8, 4) is 0 Å². The second-order valence-electron chi connectivity index (χ2n) is 4.63. The highest BCUT2D eigenvalue weighted by atomic mass is 32.1. The number of thiazole rings is 1. The van der Waals surface area contributed by atoms with Crippen molar-refractivity contribution in [1.82, 2.24) is 20.1 Å². The summed E-state index contributed by atoms with van der Waals surface area (Å²) < 4.78 is 1.93. The predicted octanol–water partition coefficient (Wildman–Crippen LogP) is 2.40. The van der Waals surface area contributed by atoms with Crippen LogP contribution in [0, 0.1) is 27.7 Å². The normalized spacial score (nSPS) is 11.2. The first-order chi connectivity index (χ1) is 8.49. The lowest BCUT2D eigenvalue weighted by Gasteiger charge is -2.03. The van der Waals surface area contributed by atoms with Crippen molar-refractivity contribution in [2.45, 2.75) is 40.8 Å². The summed E-state index contributed by atoms with van der Waals surface area (Å²) in [6, 6.07) is 0. The molecule has 0 aliphatic heterocycles. The second-order valence-corrected chi connectivity index (χ2v) is 5.91. The summed E-state index contributed by atoms with van der Waals surface area (Å²) in [6.45, 7) is 10.0. The Balaban J connectivity index is 1.96. The average Bonchev–Trinajstić information content (AvgIpc) is 2.73. The van der Waals surface area contributed by atoms with Gasteiger partial charge in [-0.2, -0.15) is 5.10 Å². The number of hydrogen-bond acceptors (Lipinski definition) is 4. The molecule has 0 atom stereocenters. The number of rotatable bonds is 4. The van der Waals surface area contributed by atoms with Crippen molar-refractivity contribution in [3.05, 3.63) is 32.5 Å². The number of aryl methyl sites for hydroxylation is 4. The third-order valence-corrected chi connectivity index (χ3v) is 4.38. The SMILES string of the molecule is Cc1nc(CNCc2c(C)nn(C)c2C)sc1C. The van der Waals surface area contributed by atoms with Gasteiger partial charge in [-0.3, -0.25) is 4.68 Å². The molecule has 5 heteroatoms.